The minimum Gasteiger partial charge on any atom is -0.545 e. The number of aryl methyl sites for hydroxylation is 1. The highest BCUT2D eigenvalue weighted by Crippen LogP contribution is 2.25. The van der Waals surface area contributed by atoms with Crippen LogP contribution in [0.3, 0.4) is 0 Å². The van der Waals surface area contributed by atoms with Gasteiger partial charge in [0, 0.05) is 35.5 Å². The molecule has 188 valence electrons. The highest BCUT2D eigenvalue weighted by molar-refractivity contribution is 5.87. The first-order valence-corrected chi connectivity index (χ1v) is 12.6. The smallest absolute Gasteiger partial charge is 0.132 e. The second-order valence-electron chi connectivity index (χ2n) is 10.4. The molecule has 3 aromatic rings. The highest BCUT2D eigenvalue weighted by Gasteiger charge is 2.16. The molecule has 0 aromatic heterocycles. The lowest BCUT2D eigenvalue weighted by molar-refractivity contribution is -0.255. The molecule has 0 heterocycles. The number of hydrogen-bond donors (Lipinski definition) is 0. The van der Waals surface area contributed by atoms with Gasteiger partial charge in [0.05, 0.1) is 5.97 Å². The predicted octanol–water partition coefficient (Wildman–Crippen LogP) is 6.37. The van der Waals surface area contributed by atoms with Gasteiger partial charge in [0.25, 0.3) is 0 Å². The minimum atomic E-state index is -1.51. The molecule has 0 aliphatic heterocycles. The Morgan fingerprint density at radius 2 is 1.50 bits per heavy atom. The normalized spacial score (nSPS) is 11.0. The predicted molar refractivity (Wildman–Crippen MR) is 143 cm³/mol. The molecule has 0 unspecified atom stereocenters. The number of unbranched alkanes of at least 4 members (excludes halogenated alkanes) is 1. The number of carboxylic acids is 1. The largest absolute Gasteiger partial charge is 0.545 e. The van der Waals surface area contributed by atoms with Crippen molar-refractivity contribution in [3.63, 3.8) is 0 Å². The number of halogens is 1. The van der Waals surface area contributed by atoms with E-state index >= 15 is 0 Å². The van der Waals surface area contributed by atoms with E-state index in [9.17, 15) is 14.3 Å². The van der Waals surface area contributed by atoms with Crippen LogP contribution in [-0.4, -0.2) is 12.5 Å². The maximum absolute atomic E-state index is 13.9. The molecule has 0 bridgehead atoms. The Morgan fingerprint density at radius 1 is 0.917 bits per heavy atom. The van der Waals surface area contributed by atoms with E-state index in [4.69, 9.17) is 0 Å². The van der Waals surface area contributed by atoms with Gasteiger partial charge in [-0.05, 0) is 78.3 Å². The van der Waals surface area contributed by atoms with Crippen molar-refractivity contribution in [3.8, 4) is 11.8 Å². The quantitative estimate of drug-likeness (QED) is 0.331. The number of rotatable bonds is 9. The molecular weight excluding hydrogens is 449 g/mol. The molecular formula is C32H35FNO2-. The zero-order chi connectivity index (χ0) is 26.1. The van der Waals surface area contributed by atoms with E-state index in [0.29, 0.717) is 18.8 Å². The number of anilines is 1. The number of carbonyl (C=O) groups excluding carboxylic acids is 1. The third-order valence-electron chi connectivity index (χ3n) is 6.12. The Labute approximate surface area is 215 Å². The number of carboxylic acid groups (broad SMARTS) is 1. The zero-order valence-electron chi connectivity index (χ0n) is 21.7. The molecule has 0 atom stereocenters. The third kappa shape index (κ3) is 8.27. The van der Waals surface area contributed by atoms with Crippen LogP contribution >= 0.6 is 0 Å². The van der Waals surface area contributed by atoms with E-state index in [1.54, 1.807) is 6.07 Å². The molecule has 4 heteroatoms. The molecule has 0 radical (unpaired) electrons. The van der Waals surface area contributed by atoms with Gasteiger partial charge in [-0.1, -0.05) is 70.2 Å². The van der Waals surface area contributed by atoms with Gasteiger partial charge >= 0.3 is 0 Å². The maximum Gasteiger partial charge on any atom is 0.132 e. The Bertz CT molecular complexity index is 1210. The average molecular weight is 485 g/mol. The first-order valence-electron chi connectivity index (χ1n) is 12.6. The second-order valence-corrected chi connectivity index (χ2v) is 10.4. The molecule has 36 heavy (non-hydrogen) atoms. The van der Waals surface area contributed by atoms with Crippen molar-refractivity contribution in [2.75, 3.05) is 11.4 Å². The summed E-state index contributed by atoms with van der Waals surface area (Å²) >= 11 is 0. The number of benzene rings is 3. The molecule has 0 aliphatic rings. The molecule has 3 rings (SSSR count). The van der Waals surface area contributed by atoms with Gasteiger partial charge in [0.1, 0.15) is 5.82 Å². The minimum absolute atomic E-state index is 0.100. The van der Waals surface area contributed by atoms with E-state index in [0.717, 1.165) is 29.5 Å². The summed E-state index contributed by atoms with van der Waals surface area (Å²) in [6.45, 7) is 9.96. The SMILES string of the molecule is CCCCc1ccc(C#Cc2ccc(CN(CCC(C)(C)C)c3ccc(F)c(C(=O)[O-])c3)cc2)cc1. The second kappa shape index (κ2) is 12.4. The first kappa shape index (κ1) is 27.0. The number of hydrogen-bond acceptors (Lipinski definition) is 3. The van der Waals surface area contributed by atoms with Crippen molar-refractivity contribution in [1.82, 2.24) is 0 Å². The van der Waals surface area contributed by atoms with Crippen LogP contribution in [0.2, 0.25) is 0 Å². The van der Waals surface area contributed by atoms with Crippen LogP contribution < -0.4 is 10.0 Å². The topological polar surface area (TPSA) is 43.4 Å². The van der Waals surface area contributed by atoms with E-state index in [1.165, 1.54) is 30.5 Å². The van der Waals surface area contributed by atoms with E-state index in [-0.39, 0.29) is 5.41 Å². The number of nitrogens with zero attached hydrogens (tertiary/aromatic N) is 1. The lowest BCUT2D eigenvalue weighted by atomic mass is 9.92. The Kier molecular flexibility index (Phi) is 9.31. The number of aromatic carboxylic acids is 1. The van der Waals surface area contributed by atoms with E-state index < -0.39 is 17.3 Å². The first-order chi connectivity index (χ1) is 17.1. The van der Waals surface area contributed by atoms with E-state index in [1.807, 2.05) is 24.3 Å². The van der Waals surface area contributed by atoms with Gasteiger partial charge in [-0.25, -0.2) is 4.39 Å². The summed E-state index contributed by atoms with van der Waals surface area (Å²) < 4.78 is 13.9. The van der Waals surface area contributed by atoms with Crippen LogP contribution in [0.1, 0.15) is 79.6 Å². The fourth-order valence-corrected chi connectivity index (χ4v) is 3.83. The fourth-order valence-electron chi connectivity index (χ4n) is 3.83. The van der Waals surface area contributed by atoms with Crippen LogP contribution in [0, 0.1) is 23.1 Å². The van der Waals surface area contributed by atoms with Gasteiger partial charge in [0.15, 0.2) is 0 Å². The van der Waals surface area contributed by atoms with Gasteiger partial charge in [0.2, 0.25) is 0 Å². The molecule has 0 saturated heterocycles. The maximum atomic E-state index is 13.9. The van der Waals surface area contributed by atoms with Crippen molar-refractivity contribution >= 4 is 11.7 Å². The average Bonchev–Trinajstić information content (AvgIpc) is 2.85. The van der Waals surface area contributed by atoms with Crippen molar-refractivity contribution < 1.29 is 14.3 Å². The van der Waals surface area contributed by atoms with Crippen molar-refractivity contribution in [2.45, 2.75) is 59.9 Å². The lowest BCUT2D eigenvalue weighted by Crippen LogP contribution is -2.28. The van der Waals surface area contributed by atoms with Gasteiger partial charge in [-0.2, -0.15) is 0 Å². The molecule has 0 fully saturated rings. The summed E-state index contributed by atoms with van der Waals surface area (Å²) in [6, 6.07) is 20.7. The molecule has 0 amide bonds. The standard InChI is InChI=1S/C32H36FNO2/c1-5-6-7-24-8-10-25(11-9-24)12-13-26-14-16-27(17-15-26)23-34(21-20-32(2,3)4)28-18-19-30(33)29(22-28)31(35)36/h8-11,14-19,22H,5-7,20-21,23H2,1-4H3,(H,35,36)/p-1. The van der Waals surface area contributed by atoms with Crippen LogP contribution in [0.5, 0.6) is 0 Å². The highest BCUT2D eigenvalue weighted by atomic mass is 19.1. The molecule has 3 nitrogen and oxygen atoms in total. The summed E-state index contributed by atoms with van der Waals surface area (Å²) in [6.07, 6.45) is 4.39. The molecule has 0 aliphatic carbocycles. The lowest BCUT2D eigenvalue weighted by Gasteiger charge is -2.29. The van der Waals surface area contributed by atoms with Gasteiger partial charge in [-0.15, -0.1) is 0 Å². The van der Waals surface area contributed by atoms with Crippen LogP contribution in [0.4, 0.5) is 10.1 Å². The van der Waals surface area contributed by atoms with Crippen LogP contribution in [-0.2, 0) is 13.0 Å². The van der Waals surface area contributed by atoms with Crippen molar-refractivity contribution in [3.05, 3.63) is 100 Å². The van der Waals surface area contributed by atoms with Crippen molar-refractivity contribution in [1.29, 1.82) is 0 Å². The monoisotopic (exact) mass is 484 g/mol. The summed E-state index contributed by atoms with van der Waals surface area (Å²) in [5.74, 6) is 4.17. The van der Waals surface area contributed by atoms with Gasteiger partial charge in [-0.3, -0.25) is 0 Å². The van der Waals surface area contributed by atoms with Crippen molar-refractivity contribution in [2.24, 2.45) is 5.41 Å². The Hall–Kier alpha value is -3.58. The van der Waals surface area contributed by atoms with Crippen LogP contribution in [0.25, 0.3) is 0 Å². The molecule has 0 N–H and O–H groups in total. The Balaban J connectivity index is 1.74. The molecule has 3 aromatic carbocycles. The Morgan fingerprint density at radius 3 is 2.03 bits per heavy atom. The third-order valence-corrected chi connectivity index (χ3v) is 6.12. The van der Waals surface area contributed by atoms with Crippen LogP contribution in [0.15, 0.2) is 66.7 Å². The summed E-state index contributed by atoms with van der Waals surface area (Å²) in [5, 5.41) is 11.3. The molecule has 0 saturated carbocycles. The number of carbonyl (C=O) groups is 1. The summed E-state index contributed by atoms with van der Waals surface area (Å²) in [7, 11) is 0. The summed E-state index contributed by atoms with van der Waals surface area (Å²) in [5.41, 5.74) is 4.67. The fraction of sp³-hybridized carbons (Fsp3) is 0.344. The van der Waals surface area contributed by atoms with E-state index in [2.05, 4.69) is 68.7 Å². The zero-order valence-corrected chi connectivity index (χ0v) is 21.7. The molecule has 0 spiro atoms. The van der Waals surface area contributed by atoms with Gasteiger partial charge < -0.3 is 14.8 Å². The summed E-state index contributed by atoms with van der Waals surface area (Å²) in [4.78, 5) is 13.4.